The molecule has 0 unspecified atom stereocenters. The zero-order valence-electron chi connectivity index (χ0n) is 17.2. The van der Waals surface area contributed by atoms with E-state index in [0.717, 1.165) is 16.0 Å². The second-order valence-corrected chi connectivity index (χ2v) is 7.35. The highest BCUT2D eigenvalue weighted by Gasteiger charge is 2.37. The third kappa shape index (κ3) is 3.94. The summed E-state index contributed by atoms with van der Waals surface area (Å²) in [4.78, 5) is 39.7. The molecule has 3 aromatic rings. The van der Waals surface area contributed by atoms with Crippen LogP contribution in [0, 0.1) is 13.8 Å². The lowest BCUT2D eigenvalue weighted by Gasteiger charge is -2.17. The molecule has 0 saturated heterocycles. The number of halogens is 2. The number of hydrogen-bond acceptors (Lipinski definition) is 4. The predicted octanol–water partition coefficient (Wildman–Crippen LogP) is 4.96. The van der Waals surface area contributed by atoms with Gasteiger partial charge in [-0.3, -0.25) is 14.4 Å². The van der Waals surface area contributed by atoms with Gasteiger partial charge in [-0.2, -0.15) is 8.78 Å². The van der Waals surface area contributed by atoms with Gasteiger partial charge in [0.25, 0.3) is 17.7 Å². The van der Waals surface area contributed by atoms with Crippen LogP contribution in [-0.4, -0.2) is 24.3 Å². The van der Waals surface area contributed by atoms with Gasteiger partial charge in [-0.25, -0.2) is 4.90 Å². The molecule has 3 amide bonds. The van der Waals surface area contributed by atoms with Gasteiger partial charge in [0.15, 0.2) is 0 Å². The summed E-state index contributed by atoms with van der Waals surface area (Å²) >= 11 is 0. The van der Waals surface area contributed by atoms with Crippen LogP contribution in [0.25, 0.3) is 0 Å². The summed E-state index contributed by atoms with van der Waals surface area (Å²) < 4.78 is 28.8. The first-order valence-corrected chi connectivity index (χ1v) is 9.71. The number of carbonyl (C=O) groups is 3. The van der Waals surface area contributed by atoms with Crippen molar-refractivity contribution >= 4 is 29.1 Å². The van der Waals surface area contributed by atoms with Crippen LogP contribution in [0.3, 0.4) is 0 Å². The van der Waals surface area contributed by atoms with Crippen molar-refractivity contribution < 1.29 is 27.9 Å². The number of benzene rings is 3. The lowest BCUT2D eigenvalue weighted by atomic mass is 10.1. The number of anilines is 2. The van der Waals surface area contributed by atoms with Crippen molar-refractivity contribution in [3.05, 3.63) is 88.5 Å². The molecule has 32 heavy (non-hydrogen) atoms. The quantitative estimate of drug-likeness (QED) is 0.574. The standard InChI is InChI=1S/C24H18F2N2O4/c1-13-3-4-14(2)20(11-13)28-22(30)18-10-5-15(12-19(18)23(28)31)21(29)27-16-6-8-17(9-7-16)32-24(25)26/h3-12,24H,1-2H3,(H,27,29). The fourth-order valence-corrected chi connectivity index (χ4v) is 3.48. The molecule has 162 valence electrons. The molecule has 1 aliphatic rings. The molecular weight excluding hydrogens is 418 g/mol. The number of nitrogens with zero attached hydrogens (tertiary/aromatic N) is 1. The Bertz CT molecular complexity index is 1240. The minimum atomic E-state index is -2.94. The second kappa shape index (κ2) is 8.22. The number of ether oxygens (including phenoxy) is 1. The number of amides is 3. The fraction of sp³-hybridized carbons (Fsp3) is 0.125. The van der Waals surface area contributed by atoms with E-state index in [1.807, 2.05) is 26.0 Å². The molecule has 0 spiro atoms. The molecule has 8 heteroatoms. The van der Waals surface area contributed by atoms with Gasteiger partial charge < -0.3 is 10.1 Å². The Kier molecular flexibility index (Phi) is 5.44. The van der Waals surface area contributed by atoms with Gasteiger partial charge in [0.05, 0.1) is 16.8 Å². The summed E-state index contributed by atoms with van der Waals surface area (Å²) in [6.45, 7) is 0.745. The number of alkyl halides is 2. The van der Waals surface area contributed by atoms with Crippen LogP contribution in [-0.2, 0) is 0 Å². The lowest BCUT2D eigenvalue weighted by Crippen LogP contribution is -2.30. The zero-order chi connectivity index (χ0) is 23.0. The van der Waals surface area contributed by atoms with E-state index in [4.69, 9.17) is 0 Å². The van der Waals surface area contributed by atoms with Crippen molar-refractivity contribution in [3.63, 3.8) is 0 Å². The first-order chi connectivity index (χ1) is 15.2. The maximum absolute atomic E-state index is 13.0. The van der Waals surface area contributed by atoms with E-state index >= 15 is 0 Å². The number of nitrogens with one attached hydrogen (secondary N) is 1. The van der Waals surface area contributed by atoms with E-state index in [1.54, 1.807) is 6.07 Å². The van der Waals surface area contributed by atoms with Crippen LogP contribution in [0.4, 0.5) is 20.2 Å². The van der Waals surface area contributed by atoms with Gasteiger partial charge in [-0.05, 0) is 73.5 Å². The Morgan fingerprint density at radius 1 is 0.906 bits per heavy atom. The molecule has 0 saturated carbocycles. The van der Waals surface area contributed by atoms with Crippen LogP contribution in [0.2, 0.25) is 0 Å². The van der Waals surface area contributed by atoms with Crippen LogP contribution < -0.4 is 15.0 Å². The number of carbonyl (C=O) groups excluding carboxylic acids is 3. The minimum Gasteiger partial charge on any atom is -0.435 e. The largest absolute Gasteiger partial charge is 0.435 e. The zero-order valence-corrected chi connectivity index (χ0v) is 17.2. The lowest BCUT2D eigenvalue weighted by molar-refractivity contribution is -0.0498. The van der Waals surface area contributed by atoms with Crippen LogP contribution >= 0.6 is 0 Å². The highest BCUT2D eigenvalue weighted by atomic mass is 19.3. The van der Waals surface area contributed by atoms with E-state index < -0.39 is 24.3 Å². The Hall–Kier alpha value is -4.07. The molecule has 0 aliphatic carbocycles. The molecule has 3 aromatic carbocycles. The molecule has 1 N–H and O–H groups in total. The topological polar surface area (TPSA) is 75.7 Å². The highest BCUT2D eigenvalue weighted by molar-refractivity contribution is 6.35. The van der Waals surface area contributed by atoms with Crippen molar-refractivity contribution in [1.82, 2.24) is 0 Å². The average molecular weight is 436 g/mol. The molecule has 0 atom stereocenters. The van der Waals surface area contributed by atoms with Crippen molar-refractivity contribution in [1.29, 1.82) is 0 Å². The number of imide groups is 1. The van der Waals surface area contributed by atoms with E-state index in [2.05, 4.69) is 10.1 Å². The van der Waals surface area contributed by atoms with Crippen LogP contribution in [0.1, 0.15) is 42.2 Å². The summed E-state index contributed by atoms with van der Waals surface area (Å²) in [5.41, 5.74) is 3.10. The maximum atomic E-state index is 13.0. The van der Waals surface area contributed by atoms with Crippen molar-refractivity contribution in [2.75, 3.05) is 10.2 Å². The number of fused-ring (bicyclic) bond motifs is 1. The third-order valence-electron chi connectivity index (χ3n) is 5.09. The number of hydrogen-bond donors (Lipinski definition) is 1. The molecule has 0 fully saturated rings. The van der Waals surface area contributed by atoms with E-state index in [1.165, 1.54) is 42.5 Å². The summed E-state index contributed by atoms with van der Waals surface area (Å²) in [6, 6.07) is 15.2. The van der Waals surface area contributed by atoms with Gasteiger partial charge in [0, 0.05) is 11.3 Å². The minimum absolute atomic E-state index is 0.0360. The van der Waals surface area contributed by atoms with Gasteiger partial charge in [0.1, 0.15) is 5.75 Å². The second-order valence-electron chi connectivity index (χ2n) is 7.35. The van der Waals surface area contributed by atoms with E-state index in [9.17, 15) is 23.2 Å². The molecule has 4 rings (SSSR count). The summed E-state index contributed by atoms with van der Waals surface area (Å²) in [5, 5.41) is 2.62. The first-order valence-electron chi connectivity index (χ1n) is 9.71. The molecule has 1 heterocycles. The van der Waals surface area contributed by atoms with Crippen molar-refractivity contribution in [2.24, 2.45) is 0 Å². The van der Waals surface area contributed by atoms with E-state index in [-0.39, 0.29) is 22.4 Å². The predicted molar refractivity (Wildman–Crippen MR) is 115 cm³/mol. The van der Waals surface area contributed by atoms with Gasteiger partial charge in [0.2, 0.25) is 0 Å². The molecule has 6 nitrogen and oxygen atoms in total. The average Bonchev–Trinajstić information content (AvgIpc) is 3.00. The molecule has 0 radical (unpaired) electrons. The van der Waals surface area contributed by atoms with Gasteiger partial charge in [-0.1, -0.05) is 12.1 Å². The first kappa shape index (κ1) is 21.2. The Morgan fingerprint density at radius 2 is 1.59 bits per heavy atom. The molecule has 1 aliphatic heterocycles. The third-order valence-corrected chi connectivity index (χ3v) is 5.09. The highest BCUT2D eigenvalue weighted by Crippen LogP contribution is 2.32. The Labute approximate surface area is 182 Å². The SMILES string of the molecule is Cc1ccc(C)c(N2C(=O)c3ccc(C(=O)Nc4ccc(OC(F)F)cc4)cc3C2=O)c1. The van der Waals surface area contributed by atoms with Gasteiger partial charge >= 0.3 is 6.61 Å². The molecule has 0 aromatic heterocycles. The monoisotopic (exact) mass is 436 g/mol. The van der Waals surface area contributed by atoms with Crippen LogP contribution in [0.5, 0.6) is 5.75 Å². The maximum Gasteiger partial charge on any atom is 0.387 e. The fourth-order valence-electron chi connectivity index (χ4n) is 3.48. The van der Waals surface area contributed by atoms with Crippen molar-refractivity contribution in [3.8, 4) is 5.75 Å². The smallest absolute Gasteiger partial charge is 0.387 e. The Balaban J connectivity index is 1.57. The summed E-state index contributed by atoms with van der Waals surface area (Å²) in [6.07, 6.45) is 0. The van der Waals surface area contributed by atoms with Crippen LogP contribution in [0.15, 0.2) is 60.7 Å². The summed E-state index contributed by atoms with van der Waals surface area (Å²) in [5.74, 6) is -1.49. The van der Waals surface area contributed by atoms with Crippen molar-refractivity contribution in [2.45, 2.75) is 20.5 Å². The summed E-state index contributed by atoms with van der Waals surface area (Å²) in [7, 11) is 0. The van der Waals surface area contributed by atoms with E-state index in [0.29, 0.717) is 11.4 Å². The Morgan fingerprint density at radius 3 is 2.28 bits per heavy atom. The molecular formula is C24H18F2N2O4. The number of aryl methyl sites for hydroxylation is 2. The molecule has 0 bridgehead atoms. The number of rotatable bonds is 5. The normalized spacial score (nSPS) is 12.8. The van der Waals surface area contributed by atoms with Gasteiger partial charge in [-0.15, -0.1) is 0 Å².